The predicted molar refractivity (Wildman–Crippen MR) is 121 cm³/mol. The van der Waals surface area contributed by atoms with Gasteiger partial charge in [0.05, 0.1) is 16.6 Å². The molecule has 3 heterocycles. The van der Waals surface area contributed by atoms with Gasteiger partial charge in [-0.25, -0.2) is 13.4 Å². The molecule has 1 aliphatic heterocycles. The molecule has 3 aromatic rings. The number of aromatic nitrogens is 2. The van der Waals surface area contributed by atoms with E-state index in [1.165, 1.54) is 34.4 Å². The smallest absolute Gasteiger partial charge is 0.262 e. The molecule has 10 heteroatoms. The summed E-state index contributed by atoms with van der Waals surface area (Å²) in [5.41, 5.74) is 0.190. The minimum absolute atomic E-state index is 0.179. The van der Waals surface area contributed by atoms with Gasteiger partial charge in [-0.15, -0.1) is 11.3 Å². The van der Waals surface area contributed by atoms with E-state index in [0.29, 0.717) is 40.8 Å². The molecule has 8 nitrogen and oxygen atoms in total. The van der Waals surface area contributed by atoms with E-state index in [9.17, 15) is 18.0 Å². The second-order valence-corrected chi connectivity index (χ2v) is 11.0. The van der Waals surface area contributed by atoms with Gasteiger partial charge in [0.25, 0.3) is 5.56 Å². The predicted octanol–water partition coefficient (Wildman–Crippen LogP) is 2.76. The molecule has 0 aliphatic carbocycles. The molecule has 1 saturated heterocycles. The SMILES string of the molecule is CC1CC(C)CN(S(=O)(=O)c2ccc(NC(=O)Cn3cnc4sccc4c3=O)cc2)C1. The molecule has 0 bridgehead atoms. The lowest BCUT2D eigenvalue weighted by Gasteiger charge is -2.34. The van der Waals surface area contributed by atoms with Gasteiger partial charge in [0.1, 0.15) is 11.4 Å². The number of rotatable bonds is 5. The van der Waals surface area contributed by atoms with Gasteiger partial charge >= 0.3 is 0 Å². The molecule has 31 heavy (non-hydrogen) atoms. The van der Waals surface area contributed by atoms with E-state index in [1.54, 1.807) is 27.9 Å². The van der Waals surface area contributed by atoms with Crippen LogP contribution < -0.4 is 10.9 Å². The standard InChI is InChI=1S/C21H24N4O4S2/c1-14-9-15(2)11-25(10-14)31(28,29)17-5-3-16(4-6-17)23-19(26)12-24-13-22-20-18(21(24)27)7-8-30-20/h3-8,13-15H,9-12H2,1-2H3,(H,23,26). The summed E-state index contributed by atoms with van der Waals surface area (Å²) in [6.07, 6.45) is 2.38. The van der Waals surface area contributed by atoms with Crippen LogP contribution in [0, 0.1) is 11.8 Å². The zero-order valence-corrected chi connectivity index (χ0v) is 18.9. The van der Waals surface area contributed by atoms with Gasteiger partial charge in [0.2, 0.25) is 15.9 Å². The first-order valence-electron chi connectivity index (χ1n) is 10.1. The minimum Gasteiger partial charge on any atom is -0.325 e. The van der Waals surface area contributed by atoms with Crippen LogP contribution in [-0.2, 0) is 21.4 Å². The number of nitrogens with zero attached hydrogens (tertiary/aromatic N) is 3. The second kappa shape index (κ2) is 8.52. The fourth-order valence-corrected chi connectivity index (χ4v) is 6.43. The summed E-state index contributed by atoms with van der Waals surface area (Å²) < 4.78 is 28.7. The highest BCUT2D eigenvalue weighted by molar-refractivity contribution is 7.89. The summed E-state index contributed by atoms with van der Waals surface area (Å²) in [7, 11) is -3.57. The van der Waals surface area contributed by atoms with E-state index in [-0.39, 0.29) is 17.0 Å². The molecule has 1 amide bonds. The van der Waals surface area contributed by atoms with Crippen molar-refractivity contribution in [2.24, 2.45) is 11.8 Å². The number of hydrogen-bond donors (Lipinski definition) is 1. The number of carbonyl (C=O) groups is 1. The molecule has 0 radical (unpaired) electrons. The van der Waals surface area contributed by atoms with E-state index < -0.39 is 15.9 Å². The molecule has 4 rings (SSSR count). The Kier molecular flexibility index (Phi) is 5.96. The Balaban J connectivity index is 1.45. The highest BCUT2D eigenvalue weighted by atomic mass is 32.2. The van der Waals surface area contributed by atoms with Gasteiger partial charge in [-0.1, -0.05) is 13.8 Å². The maximum absolute atomic E-state index is 13.0. The summed E-state index contributed by atoms with van der Waals surface area (Å²) in [5.74, 6) is 0.249. The van der Waals surface area contributed by atoms with Gasteiger partial charge in [-0.2, -0.15) is 4.31 Å². The number of amides is 1. The molecule has 0 saturated carbocycles. The molecule has 1 aliphatic rings. The van der Waals surface area contributed by atoms with Crippen LogP contribution in [0.3, 0.4) is 0 Å². The largest absolute Gasteiger partial charge is 0.325 e. The maximum Gasteiger partial charge on any atom is 0.262 e. The van der Waals surface area contributed by atoms with Crippen molar-refractivity contribution in [1.29, 1.82) is 0 Å². The van der Waals surface area contributed by atoms with Crippen LogP contribution in [0.5, 0.6) is 0 Å². The third kappa shape index (κ3) is 4.56. The number of carbonyl (C=O) groups excluding carboxylic acids is 1. The highest BCUT2D eigenvalue weighted by Gasteiger charge is 2.31. The Labute approximate surface area is 184 Å². The maximum atomic E-state index is 13.0. The number of hydrogen-bond acceptors (Lipinski definition) is 6. The van der Waals surface area contributed by atoms with E-state index in [1.807, 2.05) is 0 Å². The number of sulfonamides is 1. The molecule has 2 unspecified atom stereocenters. The van der Waals surface area contributed by atoms with Gasteiger partial charge in [0, 0.05) is 18.8 Å². The zero-order chi connectivity index (χ0) is 22.2. The summed E-state index contributed by atoms with van der Waals surface area (Å²) in [5, 5.41) is 4.96. The van der Waals surface area contributed by atoms with Crippen LogP contribution >= 0.6 is 11.3 Å². The summed E-state index contributed by atoms with van der Waals surface area (Å²) >= 11 is 1.37. The zero-order valence-electron chi connectivity index (χ0n) is 17.3. The van der Waals surface area contributed by atoms with Crippen molar-refractivity contribution < 1.29 is 13.2 Å². The highest BCUT2D eigenvalue weighted by Crippen LogP contribution is 2.27. The van der Waals surface area contributed by atoms with Crippen LogP contribution in [0.2, 0.25) is 0 Å². The average molecular weight is 461 g/mol. The summed E-state index contributed by atoms with van der Waals surface area (Å²) in [6.45, 7) is 4.98. The Morgan fingerprint density at radius 2 is 1.84 bits per heavy atom. The van der Waals surface area contributed by atoms with Crippen molar-refractivity contribution in [3.8, 4) is 0 Å². The number of thiophene rings is 1. The molecule has 1 N–H and O–H groups in total. The summed E-state index contributed by atoms with van der Waals surface area (Å²) in [4.78, 5) is 29.8. The number of anilines is 1. The average Bonchev–Trinajstić information content (AvgIpc) is 3.19. The van der Waals surface area contributed by atoms with Crippen molar-refractivity contribution in [1.82, 2.24) is 13.9 Å². The molecule has 0 spiro atoms. The Morgan fingerprint density at radius 3 is 2.52 bits per heavy atom. The number of benzene rings is 1. The van der Waals surface area contributed by atoms with Crippen LogP contribution in [0.1, 0.15) is 20.3 Å². The molecule has 164 valence electrons. The molecular formula is C21H24N4O4S2. The molecule has 1 aromatic carbocycles. The van der Waals surface area contributed by atoms with E-state index in [2.05, 4.69) is 24.1 Å². The normalized spacial score (nSPS) is 20.1. The third-order valence-electron chi connectivity index (χ3n) is 5.38. The number of fused-ring (bicyclic) bond motifs is 1. The van der Waals surface area contributed by atoms with Gasteiger partial charge in [0.15, 0.2) is 0 Å². The van der Waals surface area contributed by atoms with Crippen molar-refractivity contribution in [3.05, 3.63) is 52.4 Å². The van der Waals surface area contributed by atoms with Gasteiger partial charge in [-0.05, 0) is 54.0 Å². The van der Waals surface area contributed by atoms with Crippen LogP contribution in [-0.4, -0.2) is 41.3 Å². The van der Waals surface area contributed by atoms with E-state index >= 15 is 0 Å². The van der Waals surface area contributed by atoms with Gasteiger partial charge in [-0.3, -0.25) is 14.2 Å². The fourth-order valence-electron chi connectivity index (χ4n) is 4.02. The van der Waals surface area contributed by atoms with E-state index in [4.69, 9.17) is 0 Å². The second-order valence-electron chi connectivity index (χ2n) is 8.16. The quantitative estimate of drug-likeness (QED) is 0.631. The third-order valence-corrected chi connectivity index (χ3v) is 8.04. The molecule has 2 aromatic heterocycles. The Hall–Kier alpha value is -2.56. The Morgan fingerprint density at radius 1 is 1.16 bits per heavy atom. The lowest BCUT2D eigenvalue weighted by atomic mass is 9.94. The first kappa shape index (κ1) is 21.7. The first-order chi connectivity index (χ1) is 14.7. The lowest BCUT2D eigenvalue weighted by molar-refractivity contribution is -0.116. The molecule has 2 atom stereocenters. The van der Waals surface area contributed by atoms with Crippen molar-refractivity contribution >= 4 is 43.2 Å². The monoisotopic (exact) mass is 460 g/mol. The first-order valence-corrected chi connectivity index (χ1v) is 12.4. The van der Waals surface area contributed by atoms with Gasteiger partial charge < -0.3 is 5.32 Å². The van der Waals surface area contributed by atoms with E-state index in [0.717, 1.165) is 6.42 Å². The van der Waals surface area contributed by atoms with Crippen LogP contribution in [0.25, 0.3) is 10.2 Å². The lowest BCUT2D eigenvalue weighted by Crippen LogP contribution is -2.42. The number of nitrogens with one attached hydrogen (secondary N) is 1. The van der Waals surface area contributed by atoms with Crippen molar-refractivity contribution in [2.45, 2.75) is 31.7 Å². The fraction of sp³-hybridized carbons (Fsp3) is 0.381. The van der Waals surface area contributed by atoms with Crippen LogP contribution in [0.15, 0.2) is 51.7 Å². The summed E-state index contributed by atoms with van der Waals surface area (Å²) in [6, 6.07) is 7.81. The molecule has 1 fully saturated rings. The van der Waals surface area contributed by atoms with Crippen LogP contribution in [0.4, 0.5) is 5.69 Å². The molecular weight excluding hydrogens is 436 g/mol. The number of piperidine rings is 1. The minimum atomic E-state index is -3.57. The van der Waals surface area contributed by atoms with Crippen molar-refractivity contribution in [3.63, 3.8) is 0 Å². The van der Waals surface area contributed by atoms with Crippen molar-refractivity contribution in [2.75, 3.05) is 18.4 Å². The topological polar surface area (TPSA) is 101 Å². The Bertz CT molecular complexity index is 1250.